The lowest BCUT2D eigenvalue weighted by atomic mass is 9.93. The van der Waals surface area contributed by atoms with Crippen LogP contribution in [0.2, 0.25) is 0 Å². The van der Waals surface area contributed by atoms with Gasteiger partial charge in [-0.05, 0) is 23.0 Å². The fraction of sp³-hybridized carbons (Fsp3) is 0.455. The minimum absolute atomic E-state index is 0.0700. The molecule has 0 unspecified atom stereocenters. The highest BCUT2D eigenvalue weighted by atomic mass is 16.2. The SMILES string of the molecule is CC(C)c1ccc([C@H](NC(=O)CCn2cnc3c(cnn3C)c2=O)C(C)C)cc1. The van der Waals surface area contributed by atoms with Gasteiger partial charge in [0.2, 0.25) is 5.91 Å². The summed E-state index contributed by atoms with van der Waals surface area (Å²) in [7, 11) is 1.74. The molecule has 0 saturated heterocycles. The maximum Gasteiger partial charge on any atom is 0.264 e. The Balaban J connectivity index is 1.68. The lowest BCUT2D eigenvalue weighted by Crippen LogP contribution is -2.33. The number of benzene rings is 1. The largest absolute Gasteiger partial charge is 0.349 e. The van der Waals surface area contributed by atoms with E-state index in [0.717, 1.165) is 5.56 Å². The molecule has 154 valence electrons. The first-order valence-corrected chi connectivity index (χ1v) is 10.0. The highest BCUT2D eigenvalue weighted by Gasteiger charge is 2.19. The van der Waals surface area contributed by atoms with Crippen LogP contribution in [0.25, 0.3) is 11.0 Å². The number of rotatable bonds is 7. The zero-order valence-corrected chi connectivity index (χ0v) is 17.7. The van der Waals surface area contributed by atoms with E-state index in [0.29, 0.717) is 17.0 Å². The standard InChI is InChI=1S/C22H29N5O2/c1-14(2)16-6-8-17(9-7-16)20(15(3)4)25-19(28)10-11-27-13-23-21-18(22(27)29)12-24-26(21)5/h6-9,12-15,20H,10-11H2,1-5H3,(H,25,28)/t20-/m1/s1. The van der Waals surface area contributed by atoms with Gasteiger partial charge in [-0.25, -0.2) is 4.98 Å². The van der Waals surface area contributed by atoms with Crippen molar-refractivity contribution in [2.24, 2.45) is 13.0 Å². The molecule has 3 rings (SSSR count). The van der Waals surface area contributed by atoms with Crippen LogP contribution in [0.15, 0.2) is 41.6 Å². The van der Waals surface area contributed by atoms with Crippen molar-refractivity contribution in [1.82, 2.24) is 24.6 Å². The van der Waals surface area contributed by atoms with E-state index >= 15 is 0 Å². The van der Waals surface area contributed by atoms with E-state index in [1.807, 2.05) is 0 Å². The van der Waals surface area contributed by atoms with E-state index in [1.54, 1.807) is 11.7 Å². The average molecular weight is 396 g/mol. The summed E-state index contributed by atoms with van der Waals surface area (Å²) in [5, 5.41) is 7.64. The summed E-state index contributed by atoms with van der Waals surface area (Å²) < 4.78 is 3.02. The van der Waals surface area contributed by atoms with Crippen LogP contribution in [0.5, 0.6) is 0 Å². The van der Waals surface area contributed by atoms with Crippen molar-refractivity contribution < 1.29 is 4.79 Å². The molecule has 1 N–H and O–H groups in total. The van der Waals surface area contributed by atoms with Gasteiger partial charge in [0, 0.05) is 20.0 Å². The number of carbonyl (C=O) groups excluding carboxylic acids is 1. The molecule has 0 aliphatic carbocycles. The quantitative estimate of drug-likeness (QED) is 0.666. The molecule has 0 fully saturated rings. The third kappa shape index (κ3) is 4.55. The van der Waals surface area contributed by atoms with Crippen molar-refractivity contribution >= 4 is 16.9 Å². The maximum atomic E-state index is 12.6. The Hall–Kier alpha value is -2.96. The van der Waals surface area contributed by atoms with E-state index in [1.165, 1.54) is 22.7 Å². The molecule has 1 atom stereocenters. The molecular weight excluding hydrogens is 366 g/mol. The van der Waals surface area contributed by atoms with Crippen molar-refractivity contribution in [1.29, 1.82) is 0 Å². The second-order valence-corrected chi connectivity index (χ2v) is 8.11. The Morgan fingerprint density at radius 3 is 2.38 bits per heavy atom. The van der Waals surface area contributed by atoms with E-state index in [9.17, 15) is 9.59 Å². The fourth-order valence-corrected chi connectivity index (χ4v) is 3.42. The van der Waals surface area contributed by atoms with E-state index in [-0.39, 0.29) is 36.4 Å². The van der Waals surface area contributed by atoms with Crippen LogP contribution in [0, 0.1) is 5.92 Å². The molecule has 0 spiro atoms. The predicted octanol–water partition coefficient (Wildman–Crippen LogP) is 3.16. The van der Waals surface area contributed by atoms with Crippen LogP contribution in [0.4, 0.5) is 0 Å². The number of carbonyl (C=O) groups is 1. The third-order valence-electron chi connectivity index (χ3n) is 5.24. The molecule has 3 aromatic rings. The molecule has 0 aliphatic rings. The molecule has 0 aliphatic heterocycles. The van der Waals surface area contributed by atoms with Crippen LogP contribution < -0.4 is 10.9 Å². The predicted molar refractivity (Wildman–Crippen MR) is 114 cm³/mol. The van der Waals surface area contributed by atoms with Crippen molar-refractivity contribution in [3.63, 3.8) is 0 Å². The number of aromatic nitrogens is 4. The van der Waals surface area contributed by atoms with Crippen LogP contribution in [-0.2, 0) is 18.4 Å². The van der Waals surface area contributed by atoms with Gasteiger partial charge in [0.25, 0.3) is 5.56 Å². The summed E-state index contributed by atoms with van der Waals surface area (Å²) in [5.74, 6) is 0.634. The first-order chi connectivity index (χ1) is 13.8. The van der Waals surface area contributed by atoms with Gasteiger partial charge < -0.3 is 5.32 Å². The van der Waals surface area contributed by atoms with Crippen molar-refractivity contribution in [2.75, 3.05) is 0 Å². The van der Waals surface area contributed by atoms with Crippen LogP contribution in [-0.4, -0.2) is 25.2 Å². The Bertz CT molecular complexity index is 1050. The highest BCUT2D eigenvalue weighted by molar-refractivity contribution is 5.76. The van der Waals surface area contributed by atoms with E-state index < -0.39 is 0 Å². The van der Waals surface area contributed by atoms with E-state index in [2.05, 4.69) is 67.4 Å². The number of nitrogens with one attached hydrogen (secondary N) is 1. The normalized spacial score (nSPS) is 12.7. The molecular formula is C22H29N5O2. The summed E-state index contributed by atoms with van der Waals surface area (Å²) in [4.78, 5) is 29.4. The minimum atomic E-state index is -0.180. The third-order valence-corrected chi connectivity index (χ3v) is 5.24. The van der Waals surface area contributed by atoms with Gasteiger partial charge in [-0.3, -0.25) is 18.8 Å². The van der Waals surface area contributed by atoms with Gasteiger partial charge in [-0.2, -0.15) is 5.10 Å². The molecule has 1 aromatic carbocycles. The smallest absolute Gasteiger partial charge is 0.264 e. The second kappa shape index (κ2) is 8.59. The number of fused-ring (bicyclic) bond motifs is 1. The molecule has 0 radical (unpaired) electrons. The average Bonchev–Trinajstić information content (AvgIpc) is 3.07. The topological polar surface area (TPSA) is 81.8 Å². The molecule has 2 heterocycles. The van der Waals surface area contributed by atoms with Gasteiger partial charge in [0.15, 0.2) is 5.65 Å². The number of amides is 1. The highest BCUT2D eigenvalue weighted by Crippen LogP contribution is 2.24. The number of aryl methyl sites for hydroxylation is 2. The van der Waals surface area contributed by atoms with Crippen LogP contribution >= 0.6 is 0 Å². The van der Waals surface area contributed by atoms with Crippen molar-refractivity contribution in [3.8, 4) is 0 Å². The molecule has 0 bridgehead atoms. The Kier molecular flexibility index (Phi) is 6.15. The minimum Gasteiger partial charge on any atom is -0.349 e. The fourth-order valence-electron chi connectivity index (χ4n) is 3.42. The molecule has 7 nitrogen and oxygen atoms in total. The number of hydrogen-bond acceptors (Lipinski definition) is 4. The van der Waals surface area contributed by atoms with Gasteiger partial charge in [0.05, 0.1) is 18.6 Å². The summed E-state index contributed by atoms with van der Waals surface area (Å²) >= 11 is 0. The van der Waals surface area contributed by atoms with Gasteiger partial charge >= 0.3 is 0 Å². The van der Waals surface area contributed by atoms with Gasteiger partial charge in [-0.1, -0.05) is 52.0 Å². The van der Waals surface area contributed by atoms with E-state index in [4.69, 9.17) is 0 Å². The number of hydrogen-bond donors (Lipinski definition) is 1. The maximum absolute atomic E-state index is 12.6. The Labute approximate surface area is 170 Å². The molecule has 29 heavy (non-hydrogen) atoms. The molecule has 2 aromatic heterocycles. The summed E-state index contributed by atoms with van der Waals surface area (Å²) in [6, 6.07) is 8.35. The summed E-state index contributed by atoms with van der Waals surface area (Å²) in [6.45, 7) is 8.78. The number of nitrogens with zero attached hydrogens (tertiary/aromatic N) is 4. The first kappa shape index (κ1) is 20.8. The zero-order valence-electron chi connectivity index (χ0n) is 17.7. The van der Waals surface area contributed by atoms with Gasteiger partial charge in [0.1, 0.15) is 5.39 Å². The molecule has 7 heteroatoms. The van der Waals surface area contributed by atoms with Gasteiger partial charge in [-0.15, -0.1) is 0 Å². The van der Waals surface area contributed by atoms with Crippen LogP contribution in [0.3, 0.4) is 0 Å². The molecule has 0 saturated carbocycles. The molecule has 1 amide bonds. The Morgan fingerprint density at radius 1 is 1.10 bits per heavy atom. The monoisotopic (exact) mass is 395 g/mol. The summed E-state index contributed by atoms with van der Waals surface area (Å²) in [5.41, 5.74) is 2.73. The lowest BCUT2D eigenvalue weighted by molar-refractivity contribution is -0.122. The second-order valence-electron chi connectivity index (χ2n) is 8.11. The van der Waals surface area contributed by atoms with Crippen molar-refractivity contribution in [3.05, 3.63) is 58.3 Å². The lowest BCUT2D eigenvalue weighted by Gasteiger charge is -2.23. The zero-order chi connectivity index (χ0) is 21.1. The Morgan fingerprint density at radius 2 is 1.76 bits per heavy atom. The summed E-state index contributed by atoms with van der Waals surface area (Å²) in [6.07, 6.45) is 3.20. The first-order valence-electron chi connectivity index (χ1n) is 10.0. The van der Waals surface area contributed by atoms with Crippen molar-refractivity contribution in [2.45, 2.75) is 52.6 Å². The van der Waals surface area contributed by atoms with Crippen LogP contribution in [0.1, 0.15) is 57.2 Å².